The van der Waals surface area contributed by atoms with Crippen LogP contribution in [0, 0.1) is 0 Å². The lowest BCUT2D eigenvalue weighted by Crippen LogP contribution is -2.29. The number of carbonyl (C=O) groups excluding carboxylic acids is 1. The number of fused-ring (bicyclic) bond motifs is 1. The first-order chi connectivity index (χ1) is 9.75. The normalized spacial score (nSPS) is 13.8. The zero-order chi connectivity index (χ0) is 13.9. The molecule has 1 aliphatic rings. The lowest BCUT2D eigenvalue weighted by atomic mass is 10.1. The topological polar surface area (TPSA) is 58.4 Å². The highest BCUT2D eigenvalue weighted by Gasteiger charge is 2.25. The van der Waals surface area contributed by atoms with Crippen LogP contribution in [0.15, 0.2) is 34.9 Å². The predicted octanol–water partition coefficient (Wildman–Crippen LogP) is 1.59. The monoisotopic (exact) mass is 271 g/mol. The second-order valence-electron chi connectivity index (χ2n) is 5.01. The van der Waals surface area contributed by atoms with Crippen molar-refractivity contribution in [1.82, 2.24) is 15.4 Å². The van der Waals surface area contributed by atoms with Crippen molar-refractivity contribution in [1.29, 1.82) is 0 Å². The molecule has 1 aliphatic heterocycles. The SMILES string of the molecule is CN(Cc1ccccc1)C(=O)c1noc2c1CNCC2. The van der Waals surface area contributed by atoms with Crippen molar-refractivity contribution in [3.05, 3.63) is 52.9 Å². The lowest BCUT2D eigenvalue weighted by molar-refractivity contribution is 0.0773. The number of aromatic nitrogens is 1. The summed E-state index contributed by atoms with van der Waals surface area (Å²) in [6, 6.07) is 9.91. The van der Waals surface area contributed by atoms with Gasteiger partial charge in [-0.05, 0) is 5.56 Å². The van der Waals surface area contributed by atoms with Gasteiger partial charge in [-0.3, -0.25) is 4.79 Å². The third-order valence-corrected chi connectivity index (χ3v) is 3.51. The number of hydrogen-bond donors (Lipinski definition) is 1. The van der Waals surface area contributed by atoms with Gasteiger partial charge in [-0.1, -0.05) is 35.5 Å². The van der Waals surface area contributed by atoms with E-state index < -0.39 is 0 Å². The molecule has 1 aromatic heterocycles. The van der Waals surface area contributed by atoms with Crippen LogP contribution in [0.4, 0.5) is 0 Å². The minimum absolute atomic E-state index is 0.0949. The van der Waals surface area contributed by atoms with Gasteiger partial charge >= 0.3 is 0 Å². The average Bonchev–Trinajstić information content (AvgIpc) is 2.91. The number of carbonyl (C=O) groups is 1. The number of hydrogen-bond acceptors (Lipinski definition) is 4. The summed E-state index contributed by atoms with van der Waals surface area (Å²) in [6.07, 6.45) is 0.790. The highest BCUT2D eigenvalue weighted by molar-refractivity contribution is 5.93. The molecule has 0 bridgehead atoms. The summed E-state index contributed by atoms with van der Waals surface area (Å²) < 4.78 is 5.27. The van der Waals surface area contributed by atoms with Gasteiger partial charge in [0.15, 0.2) is 5.69 Å². The van der Waals surface area contributed by atoms with Crippen molar-refractivity contribution in [3.63, 3.8) is 0 Å². The maximum Gasteiger partial charge on any atom is 0.276 e. The van der Waals surface area contributed by atoms with Crippen LogP contribution < -0.4 is 5.32 Å². The molecule has 0 saturated heterocycles. The number of nitrogens with zero attached hydrogens (tertiary/aromatic N) is 2. The fraction of sp³-hybridized carbons (Fsp3) is 0.333. The Bertz CT molecular complexity index is 607. The standard InChI is InChI=1S/C15H17N3O2/c1-18(10-11-5-3-2-4-6-11)15(19)14-12-9-16-8-7-13(12)20-17-14/h2-6,16H,7-10H2,1H3. The highest BCUT2D eigenvalue weighted by atomic mass is 16.5. The van der Waals surface area contributed by atoms with Crippen LogP contribution in [0.1, 0.15) is 27.4 Å². The molecule has 3 rings (SSSR count). The smallest absolute Gasteiger partial charge is 0.276 e. The van der Waals surface area contributed by atoms with Crippen LogP contribution in [0.3, 0.4) is 0 Å². The van der Waals surface area contributed by atoms with E-state index in [1.807, 2.05) is 30.3 Å². The van der Waals surface area contributed by atoms with Crippen molar-refractivity contribution < 1.29 is 9.32 Å². The summed E-state index contributed by atoms with van der Waals surface area (Å²) >= 11 is 0. The van der Waals surface area contributed by atoms with Crippen molar-refractivity contribution >= 4 is 5.91 Å². The molecule has 1 N–H and O–H groups in total. The number of benzene rings is 1. The molecule has 1 aromatic carbocycles. The molecule has 2 heterocycles. The van der Waals surface area contributed by atoms with E-state index in [9.17, 15) is 4.79 Å². The van der Waals surface area contributed by atoms with Crippen LogP contribution >= 0.6 is 0 Å². The molecule has 2 aromatic rings. The molecule has 0 fully saturated rings. The molecule has 104 valence electrons. The van der Waals surface area contributed by atoms with Crippen LogP contribution in [0.25, 0.3) is 0 Å². The first-order valence-electron chi connectivity index (χ1n) is 6.73. The van der Waals surface area contributed by atoms with Gasteiger partial charge in [-0.25, -0.2) is 0 Å². The Morgan fingerprint density at radius 2 is 2.20 bits per heavy atom. The Hall–Kier alpha value is -2.14. The van der Waals surface area contributed by atoms with Gasteiger partial charge in [-0.2, -0.15) is 0 Å². The van der Waals surface area contributed by atoms with Crippen LogP contribution in [0.2, 0.25) is 0 Å². The fourth-order valence-electron chi connectivity index (χ4n) is 2.42. The first-order valence-corrected chi connectivity index (χ1v) is 6.73. The summed E-state index contributed by atoms with van der Waals surface area (Å²) in [5, 5.41) is 7.19. The van der Waals surface area contributed by atoms with Crippen LogP contribution in [-0.2, 0) is 19.5 Å². The van der Waals surface area contributed by atoms with Gasteiger partial charge in [0.1, 0.15) is 5.76 Å². The van der Waals surface area contributed by atoms with Gasteiger partial charge < -0.3 is 14.7 Å². The van der Waals surface area contributed by atoms with Gasteiger partial charge in [0.2, 0.25) is 0 Å². The lowest BCUT2D eigenvalue weighted by Gasteiger charge is -2.17. The Kier molecular flexibility index (Phi) is 3.52. The number of rotatable bonds is 3. The third-order valence-electron chi connectivity index (χ3n) is 3.51. The van der Waals surface area contributed by atoms with E-state index in [0.717, 1.165) is 29.9 Å². The maximum atomic E-state index is 12.5. The van der Waals surface area contributed by atoms with Crippen molar-refractivity contribution in [2.75, 3.05) is 13.6 Å². The molecule has 20 heavy (non-hydrogen) atoms. The van der Waals surface area contributed by atoms with E-state index in [1.54, 1.807) is 11.9 Å². The molecule has 0 spiro atoms. The Morgan fingerprint density at radius 3 is 3.00 bits per heavy atom. The van der Waals surface area contributed by atoms with E-state index in [0.29, 0.717) is 18.8 Å². The predicted molar refractivity (Wildman–Crippen MR) is 74.2 cm³/mol. The fourth-order valence-corrected chi connectivity index (χ4v) is 2.42. The van der Waals surface area contributed by atoms with E-state index in [-0.39, 0.29) is 5.91 Å². The zero-order valence-electron chi connectivity index (χ0n) is 11.4. The second kappa shape index (κ2) is 5.46. The molecule has 5 heteroatoms. The summed E-state index contributed by atoms with van der Waals surface area (Å²) in [5.41, 5.74) is 2.44. The van der Waals surface area contributed by atoms with Crippen molar-refractivity contribution in [3.8, 4) is 0 Å². The van der Waals surface area contributed by atoms with Gasteiger partial charge in [-0.15, -0.1) is 0 Å². The minimum Gasteiger partial charge on any atom is -0.360 e. The van der Waals surface area contributed by atoms with Crippen LogP contribution in [0.5, 0.6) is 0 Å². The Morgan fingerprint density at radius 1 is 1.40 bits per heavy atom. The molecule has 1 amide bonds. The summed E-state index contributed by atoms with van der Waals surface area (Å²) in [6.45, 7) is 2.09. The van der Waals surface area contributed by atoms with Gasteiger partial charge in [0.05, 0.1) is 0 Å². The quantitative estimate of drug-likeness (QED) is 0.921. The van der Waals surface area contributed by atoms with E-state index in [2.05, 4.69) is 10.5 Å². The highest BCUT2D eigenvalue weighted by Crippen LogP contribution is 2.19. The van der Waals surface area contributed by atoms with Gasteiger partial charge in [0.25, 0.3) is 5.91 Å². The molecule has 0 unspecified atom stereocenters. The molecule has 5 nitrogen and oxygen atoms in total. The summed E-state index contributed by atoms with van der Waals surface area (Å²) in [7, 11) is 1.78. The minimum atomic E-state index is -0.0949. The number of nitrogens with one attached hydrogen (secondary N) is 1. The molecular weight excluding hydrogens is 254 g/mol. The average molecular weight is 271 g/mol. The van der Waals surface area contributed by atoms with Crippen molar-refractivity contribution in [2.45, 2.75) is 19.5 Å². The van der Waals surface area contributed by atoms with Gasteiger partial charge in [0, 0.05) is 38.7 Å². The largest absolute Gasteiger partial charge is 0.360 e. The van der Waals surface area contributed by atoms with Crippen LogP contribution in [-0.4, -0.2) is 29.6 Å². The zero-order valence-corrected chi connectivity index (χ0v) is 11.4. The Balaban J connectivity index is 1.77. The van der Waals surface area contributed by atoms with E-state index >= 15 is 0 Å². The first kappa shape index (κ1) is 12.9. The summed E-state index contributed by atoms with van der Waals surface area (Å²) in [5.74, 6) is 0.739. The van der Waals surface area contributed by atoms with Crippen molar-refractivity contribution in [2.24, 2.45) is 0 Å². The maximum absolute atomic E-state index is 12.5. The molecular formula is C15H17N3O2. The second-order valence-corrected chi connectivity index (χ2v) is 5.01. The molecule has 0 atom stereocenters. The molecule has 0 saturated carbocycles. The molecule has 0 aliphatic carbocycles. The number of amides is 1. The van der Waals surface area contributed by atoms with E-state index in [4.69, 9.17) is 4.52 Å². The molecule has 0 radical (unpaired) electrons. The summed E-state index contributed by atoms with van der Waals surface area (Å²) in [4.78, 5) is 14.1. The Labute approximate surface area is 117 Å². The van der Waals surface area contributed by atoms with E-state index in [1.165, 1.54) is 0 Å². The third kappa shape index (κ3) is 2.44.